The van der Waals surface area contributed by atoms with Crippen molar-refractivity contribution < 1.29 is 9.47 Å². The van der Waals surface area contributed by atoms with Crippen LogP contribution >= 0.6 is 24.0 Å². The van der Waals surface area contributed by atoms with E-state index in [-0.39, 0.29) is 24.0 Å². The molecule has 6 nitrogen and oxygen atoms in total. The molecule has 0 saturated carbocycles. The van der Waals surface area contributed by atoms with E-state index >= 15 is 0 Å². The molecule has 0 atom stereocenters. The Morgan fingerprint density at radius 1 is 1.03 bits per heavy atom. The molecule has 1 aliphatic heterocycles. The van der Waals surface area contributed by atoms with Crippen LogP contribution in [0.15, 0.2) is 53.5 Å². The number of ether oxygens (including phenoxy) is 2. The van der Waals surface area contributed by atoms with Crippen LogP contribution in [0.2, 0.25) is 0 Å². The quantitative estimate of drug-likeness (QED) is 0.213. The Morgan fingerprint density at radius 3 is 2.44 bits per heavy atom. The molecule has 0 aromatic heterocycles. The third kappa shape index (κ3) is 8.26. The molecule has 32 heavy (non-hydrogen) atoms. The van der Waals surface area contributed by atoms with Gasteiger partial charge in [-0.25, -0.2) is 0 Å². The molecule has 1 aliphatic rings. The van der Waals surface area contributed by atoms with Crippen molar-refractivity contribution in [2.24, 2.45) is 4.99 Å². The summed E-state index contributed by atoms with van der Waals surface area (Å²) < 4.78 is 11.5. The minimum absolute atomic E-state index is 0. The van der Waals surface area contributed by atoms with Crippen molar-refractivity contribution in [3.8, 4) is 5.75 Å². The molecule has 0 unspecified atom stereocenters. The molecule has 0 spiro atoms. The van der Waals surface area contributed by atoms with Gasteiger partial charge in [0, 0.05) is 33.2 Å². The molecular formula is C25H37IN4O2. The van der Waals surface area contributed by atoms with Crippen LogP contribution in [0.3, 0.4) is 0 Å². The van der Waals surface area contributed by atoms with E-state index in [0.717, 1.165) is 51.1 Å². The van der Waals surface area contributed by atoms with Gasteiger partial charge >= 0.3 is 0 Å². The van der Waals surface area contributed by atoms with Crippen molar-refractivity contribution in [3.63, 3.8) is 0 Å². The number of halogens is 1. The second-order valence-electron chi connectivity index (χ2n) is 8.05. The predicted molar refractivity (Wildman–Crippen MR) is 142 cm³/mol. The highest BCUT2D eigenvalue weighted by atomic mass is 127. The number of aliphatic imine (C=N–C) groups is 1. The van der Waals surface area contributed by atoms with Crippen molar-refractivity contribution in [2.45, 2.75) is 32.9 Å². The topological polar surface area (TPSA) is 58.1 Å². The molecule has 0 amide bonds. The first-order valence-electron chi connectivity index (χ1n) is 11.2. The SMILES string of the molecule is CN=C(NCCOc1ccccc1C(C)C)NCc1ccccc1CN1CCOCC1.I. The summed E-state index contributed by atoms with van der Waals surface area (Å²) in [5.41, 5.74) is 3.88. The third-order valence-electron chi connectivity index (χ3n) is 5.48. The van der Waals surface area contributed by atoms with Crippen molar-refractivity contribution in [1.82, 2.24) is 15.5 Å². The van der Waals surface area contributed by atoms with Crippen LogP contribution in [0.25, 0.3) is 0 Å². The summed E-state index contributed by atoms with van der Waals surface area (Å²) in [6.07, 6.45) is 0. The zero-order valence-electron chi connectivity index (χ0n) is 19.5. The Morgan fingerprint density at radius 2 is 1.72 bits per heavy atom. The van der Waals surface area contributed by atoms with E-state index in [2.05, 4.69) is 70.8 Å². The highest BCUT2D eigenvalue weighted by Gasteiger charge is 2.13. The number of hydrogen-bond donors (Lipinski definition) is 2. The van der Waals surface area contributed by atoms with Gasteiger partial charge in [0.05, 0.1) is 19.8 Å². The summed E-state index contributed by atoms with van der Waals surface area (Å²) in [7, 11) is 1.80. The number of hydrogen-bond acceptors (Lipinski definition) is 4. The van der Waals surface area contributed by atoms with E-state index in [0.29, 0.717) is 19.1 Å². The molecule has 1 saturated heterocycles. The fraction of sp³-hybridized carbons (Fsp3) is 0.480. The second-order valence-corrected chi connectivity index (χ2v) is 8.05. The van der Waals surface area contributed by atoms with Gasteiger partial charge in [-0.2, -0.15) is 0 Å². The molecule has 0 bridgehead atoms. The van der Waals surface area contributed by atoms with E-state index in [4.69, 9.17) is 9.47 Å². The van der Waals surface area contributed by atoms with Gasteiger partial charge in [-0.3, -0.25) is 9.89 Å². The van der Waals surface area contributed by atoms with Crippen LogP contribution in [0, 0.1) is 0 Å². The van der Waals surface area contributed by atoms with E-state index in [9.17, 15) is 0 Å². The van der Waals surface area contributed by atoms with Gasteiger partial charge in [-0.1, -0.05) is 56.3 Å². The minimum atomic E-state index is 0. The Kier molecular flexibility index (Phi) is 11.8. The first kappa shape index (κ1) is 26.4. The highest BCUT2D eigenvalue weighted by Crippen LogP contribution is 2.25. The number of nitrogens with one attached hydrogen (secondary N) is 2. The smallest absolute Gasteiger partial charge is 0.191 e. The van der Waals surface area contributed by atoms with Crippen LogP contribution in [-0.2, 0) is 17.8 Å². The molecule has 0 aliphatic carbocycles. The van der Waals surface area contributed by atoms with Gasteiger partial charge < -0.3 is 20.1 Å². The summed E-state index contributed by atoms with van der Waals surface area (Å²) >= 11 is 0. The number of morpholine rings is 1. The van der Waals surface area contributed by atoms with E-state index in [1.165, 1.54) is 16.7 Å². The van der Waals surface area contributed by atoms with Gasteiger partial charge in [-0.15, -0.1) is 24.0 Å². The maximum Gasteiger partial charge on any atom is 0.191 e. The lowest BCUT2D eigenvalue weighted by Gasteiger charge is -2.27. The maximum absolute atomic E-state index is 6.00. The number of nitrogens with zero attached hydrogens (tertiary/aromatic N) is 2. The van der Waals surface area contributed by atoms with Crippen LogP contribution in [0.5, 0.6) is 5.75 Å². The van der Waals surface area contributed by atoms with Crippen molar-refractivity contribution in [1.29, 1.82) is 0 Å². The second kappa shape index (κ2) is 14.3. The normalized spacial score (nSPS) is 14.7. The molecular weight excluding hydrogens is 515 g/mol. The first-order valence-corrected chi connectivity index (χ1v) is 11.2. The fourth-order valence-electron chi connectivity index (χ4n) is 3.70. The molecule has 2 aromatic carbocycles. The van der Waals surface area contributed by atoms with Crippen LogP contribution in [0.4, 0.5) is 0 Å². The summed E-state index contributed by atoms with van der Waals surface area (Å²) in [4.78, 5) is 6.80. The van der Waals surface area contributed by atoms with E-state index in [1.807, 2.05) is 12.1 Å². The number of para-hydroxylation sites is 1. The van der Waals surface area contributed by atoms with Gasteiger partial charge in [0.1, 0.15) is 12.4 Å². The van der Waals surface area contributed by atoms with E-state index in [1.54, 1.807) is 7.05 Å². The Bertz CT molecular complexity index is 838. The molecule has 1 heterocycles. The largest absolute Gasteiger partial charge is 0.491 e. The fourth-order valence-corrected chi connectivity index (χ4v) is 3.70. The van der Waals surface area contributed by atoms with Crippen molar-refractivity contribution in [3.05, 3.63) is 65.2 Å². The van der Waals surface area contributed by atoms with Crippen LogP contribution < -0.4 is 15.4 Å². The molecule has 3 rings (SSSR count). The van der Waals surface area contributed by atoms with E-state index < -0.39 is 0 Å². The average Bonchev–Trinajstić information content (AvgIpc) is 2.80. The first-order chi connectivity index (χ1) is 15.2. The van der Waals surface area contributed by atoms with Crippen molar-refractivity contribution >= 4 is 29.9 Å². The van der Waals surface area contributed by atoms with Gasteiger partial charge in [-0.05, 0) is 28.7 Å². The monoisotopic (exact) mass is 552 g/mol. The maximum atomic E-state index is 6.00. The molecule has 0 radical (unpaired) electrons. The summed E-state index contributed by atoms with van der Waals surface area (Å²) in [6, 6.07) is 16.8. The lowest BCUT2D eigenvalue weighted by Crippen LogP contribution is -2.39. The molecule has 1 fully saturated rings. The van der Waals surface area contributed by atoms with Gasteiger partial charge in [0.25, 0.3) is 0 Å². The average molecular weight is 553 g/mol. The lowest BCUT2D eigenvalue weighted by molar-refractivity contribution is 0.0341. The third-order valence-corrected chi connectivity index (χ3v) is 5.48. The minimum Gasteiger partial charge on any atom is -0.491 e. The zero-order chi connectivity index (χ0) is 21.9. The Labute approximate surface area is 209 Å². The molecule has 176 valence electrons. The molecule has 2 aromatic rings. The standard InChI is InChI=1S/C25H36N4O2.HI/c1-20(2)23-10-6-7-11-24(23)31-15-12-27-25(26-3)28-18-21-8-4-5-9-22(21)19-29-13-16-30-17-14-29;/h4-11,20H,12-19H2,1-3H3,(H2,26,27,28);1H. The number of guanidine groups is 1. The number of benzene rings is 2. The van der Waals surface area contributed by atoms with Gasteiger partial charge in [0.2, 0.25) is 0 Å². The summed E-state index contributed by atoms with van der Waals surface area (Å²) in [5, 5.41) is 6.78. The van der Waals surface area contributed by atoms with Crippen LogP contribution in [-0.4, -0.2) is 57.4 Å². The predicted octanol–water partition coefficient (Wildman–Crippen LogP) is 4.00. The highest BCUT2D eigenvalue weighted by molar-refractivity contribution is 14.0. The Balaban J connectivity index is 0.00000363. The summed E-state index contributed by atoms with van der Waals surface area (Å²) in [6.45, 7) is 10.9. The number of rotatable bonds is 9. The molecule has 2 N–H and O–H groups in total. The summed E-state index contributed by atoms with van der Waals surface area (Å²) in [5.74, 6) is 2.18. The van der Waals surface area contributed by atoms with Gasteiger partial charge in [0.15, 0.2) is 5.96 Å². The zero-order valence-corrected chi connectivity index (χ0v) is 21.8. The lowest BCUT2D eigenvalue weighted by atomic mass is 10.0. The van der Waals surface area contributed by atoms with Crippen molar-refractivity contribution in [2.75, 3.05) is 46.5 Å². The molecule has 7 heteroatoms. The van der Waals surface area contributed by atoms with Crippen LogP contribution in [0.1, 0.15) is 36.5 Å². The Hall–Kier alpha value is -1.84.